The van der Waals surface area contributed by atoms with Gasteiger partial charge >= 0.3 is 5.97 Å². The average Bonchev–Trinajstić information content (AvgIpc) is 2.44. The fraction of sp³-hybridized carbons (Fsp3) is 0.545. The number of carbonyl (C=O) groups excluding carboxylic acids is 1. The van der Waals surface area contributed by atoms with Gasteiger partial charge in [-0.05, 0) is 19.9 Å². The first-order chi connectivity index (χ1) is 7.13. The third-order valence-electron chi connectivity index (χ3n) is 2.63. The summed E-state index contributed by atoms with van der Waals surface area (Å²) in [4.78, 5) is 11.3. The molecule has 0 saturated carbocycles. The Morgan fingerprint density at radius 1 is 1.53 bits per heavy atom. The molecule has 2 aliphatic heterocycles. The molecule has 0 spiro atoms. The van der Waals surface area contributed by atoms with Gasteiger partial charge in [0.2, 0.25) is 0 Å². The van der Waals surface area contributed by atoms with Crippen LogP contribution in [0.2, 0.25) is 0 Å². The zero-order chi connectivity index (χ0) is 11.0. The van der Waals surface area contributed by atoms with Crippen LogP contribution >= 0.6 is 0 Å². The highest BCUT2D eigenvalue weighted by atomic mass is 16.6. The second kappa shape index (κ2) is 3.79. The summed E-state index contributed by atoms with van der Waals surface area (Å²) in [7, 11) is 0. The predicted molar refractivity (Wildman–Crippen MR) is 53.1 cm³/mol. The van der Waals surface area contributed by atoms with Gasteiger partial charge in [0.25, 0.3) is 0 Å². The minimum Gasteiger partial charge on any atom is -0.456 e. The first-order valence-corrected chi connectivity index (χ1v) is 5.02. The van der Waals surface area contributed by atoms with Crippen molar-refractivity contribution in [1.82, 2.24) is 0 Å². The number of aliphatic hydroxyl groups excluding tert-OH is 1. The number of fused-ring (bicyclic) bond motifs is 1. The highest BCUT2D eigenvalue weighted by molar-refractivity contribution is 5.92. The number of rotatable bonds is 1. The van der Waals surface area contributed by atoms with Crippen molar-refractivity contribution in [3.05, 3.63) is 23.8 Å². The van der Waals surface area contributed by atoms with Crippen molar-refractivity contribution >= 4 is 5.97 Å². The fourth-order valence-corrected chi connectivity index (χ4v) is 1.89. The van der Waals surface area contributed by atoms with Crippen molar-refractivity contribution < 1.29 is 19.4 Å². The minimum absolute atomic E-state index is 0.274. The van der Waals surface area contributed by atoms with Crippen LogP contribution in [0.4, 0.5) is 0 Å². The molecule has 0 unspecified atom stereocenters. The molecular weight excluding hydrogens is 196 g/mol. The first-order valence-electron chi connectivity index (χ1n) is 5.02. The van der Waals surface area contributed by atoms with E-state index in [1.54, 1.807) is 13.0 Å². The largest absolute Gasteiger partial charge is 0.456 e. The molecule has 1 N–H and O–H groups in total. The van der Waals surface area contributed by atoms with Gasteiger partial charge in [-0.1, -0.05) is 12.2 Å². The van der Waals surface area contributed by atoms with Crippen molar-refractivity contribution in [2.75, 3.05) is 0 Å². The van der Waals surface area contributed by atoms with Gasteiger partial charge in [0.15, 0.2) is 0 Å². The van der Waals surface area contributed by atoms with Crippen LogP contribution < -0.4 is 0 Å². The number of esters is 1. The second-order valence-corrected chi connectivity index (χ2v) is 3.77. The number of hydrogen-bond acceptors (Lipinski definition) is 4. The maximum atomic E-state index is 11.3. The summed E-state index contributed by atoms with van der Waals surface area (Å²) in [6, 6.07) is 0. The van der Waals surface area contributed by atoms with Gasteiger partial charge in [-0.2, -0.15) is 0 Å². The van der Waals surface area contributed by atoms with E-state index in [2.05, 4.69) is 0 Å². The van der Waals surface area contributed by atoms with Crippen LogP contribution in [0.5, 0.6) is 0 Å². The number of ether oxygens (including phenoxy) is 2. The molecule has 0 aromatic carbocycles. The Hall–Kier alpha value is -1.13. The van der Waals surface area contributed by atoms with Gasteiger partial charge in [0, 0.05) is 0 Å². The lowest BCUT2D eigenvalue weighted by Crippen LogP contribution is -2.38. The maximum Gasteiger partial charge on any atom is 0.336 e. The molecule has 0 aromatic rings. The fourth-order valence-electron chi connectivity index (χ4n) is 1.89. The normalized spacial score (nSPS) is 40.2. The SMILES string of the molecule is C/C=C/[C@@H]1O[C@H]2C(=C[C@H]1O)C(=O)O[C@H]2C. The van der Waals surface area contributed by atoms with Gasteiger partial charge in [-0.3, -0.25) is 0 Å². The van der Waals surface area contributed by atoms with Crippen molar-refractivity contribution in [3.63, 3.8) is 0 Å². The zero-order valence-electron chi connectivity index (χ0n) is 8.71. The highest BCUT2D eigenvalue weighted by Gasteiger charge is 2.43. The van der Waals surface area contributed by atoms with Crippen LogP contribution in [-0.4, -0.2) is 35.5 Å². The Morgan fingerprint density at radius 3 is 2.93 bits per heavy atom. The van der Waals surface area contributed by atoms with E-state index in [-0.39, 0.29) is 24.3 Å². The molecule has 15 heavy (non-hydrogen) atoms. The van der Waals surface area contributed by atoms with Crippen LogP contribution in [0.1, 0.15) is 13.8 Å². The Kier molecular flexibility index (Phi) is 2.63. The Morgan fingerprint density at radius 2 is 2.27 bits per heavy atom. The first kappa shape index (κ1) is 10.4. The molecule has 2 heterocycles. The molecule has 82 valence electrons. The molecule has 1 saturated heterocycles. The molecule has 4 nitrogen and oxygen atoms in total. The molecule has 0 radical (unpaired) electrons. The topological polar surface area (TPSA) is 55.8 Å². The minimum atomic E-state index is -0.773. The predicted octanol–water partition coefficient (Wildman–Crippen LogP) is 0.562. The Bertz CT molecular complexity index is 331. The van der Waals surface area contributed by atoms with Crippen molar-refractivity contribution in [1.29, 1.82) is 0 Å². The molecule has 0 aromatic heterocycles. The highest BCUT2D eigenvalue weighted by Crippen LogP contribution is 2.30. The lowest BCUT2D eigenvalue weighted by Gasteiger charge is -2.28. The van der Waals surface area contributed by atoms with Gasteiger partial charge in [-0.15, -0.1) is 0 Å². The summed E-state index contributed by atoms with van der Waals surface area (Å²) in [5.41, 5.74) is 0.441. The number of allylic oxidation sites excluding steroid dienone is 1. The standard InChI is InChI=1S/C11H14O4/c1-3-4-9-8(12)5-7-10(15-9)6(2)14-11(7)13/h3-6,8-10,12H,1-2H3/b4-3+/t6-,8+,9-,10+/m0/s1. The maximum absolute atomic E-state index is 11.3. The summed E-state index contributed by atoms with van der Waals surface area (Å²) in [6.45, 7) is 3.64. The van der Waals surface area contributed by atoms with E-state index in [1.165, 1.54) is 6.08 Å². The third kappa shape index (κ3) is 1.70. The van der Waals surface area contributed by atoms with E-state index in [0.29, 0.717) is 5.57 Å². The molecule has 4 atom stereocenters. The monoisotopic (exact) mass is 210 g/mol. The van der Waals surface area contributed by atoms with Crippen molar-refractivity contribution in [3.8, 4) is 0 Å². The smallest absolute Gasteiger partial charge is 0.336 e. The Labute approximate surface area is 88.2 Å². The van der Waals surface area contributed by atoms with Gasteiger partial charge in [0.1, 0.15) is 24.4 Å². The van der Waals surface area contributed by atoms with Gasteiger partial charge in [-0.25, -0.2) is 4.79 Å². The van der Waals surface area contributed by atoms with Crippen LogP contribution in [0.25, 0.3) is 0 Å². The van der Waals surface area contributed by atoms with Crippen LogP contribution in [0.3, 0.4) is 0 Å². The van der Waals surface area contributed by atoms with E-state index in [1.807, 2.05) is 13.0 Å². The van der Waals surface area contributed by atoms with Crippen LogP contribution in [0.15, 0.2) is 23.8 Å². The van der Waals surface area contributed by atoms with E-state index < -0.39 is 6.10 Å². The van der Waals surface area contributed by atoms with Crippen LogP contribution in [0, 0.1) is 0 Å². The molecule has 2 aliphatic rings. The van der Waals surface area contributed by atoms with Gasteiger partial charge < -0.3 is 14.6 Å². The summed E-state index contributed by atoms with van der Waals surface area (Å²) >= 11 is 0. The zero-order valence-corrected chi connectivity index (χ0v) is 8.71. The molecule has 2 rings (SSSR count). The molecule has 0 aliphatic carbocycles. The number of cyclic esters (lactones) is 1. The molecule has 1 fully saturated rings. The second-order valence-electron chi connectivity index (χ2n) is 3.77. The number of carbonyl (C=O) groups is 1. The van der Waals surface area contributed by atoms with E-state index in [9.17, 15) is 9.90 Å². The lowest BCUT2D eigenvalue weighted by atomic mass is 10.00. The molecule has 0 bridgehead atoms. The quantitative estimate of drug-likeness (QED) is 0.507. The number of hydrogen-bond donors (Lipinski definition) is 1. The van der Waals surface area contributed by atoms with E-state index >= 15 is 0 Å². The summed E-state index contributed by atoms with van der Waals surface area (Å²) < 4.78 is 10.6. The molecule has 4 heteroatoms. The van der Waals surface area contributed by atoms with Crippen molar-refractivity contribution in [2.45, 2.75) is 38.3 Å². The lowest BCUT2D eigenvalue weighted by molar-refractivity contribution is -0.139. The van der Waals surface area contributed by atoms with Crippen molar-refractivity contribution in [2.24, 2.45) is 0 Å². The summed E-state index contributed by atoms with van der Waals surface area (Å²) in [5.74, 6) is -0.384. The van der Waals surface area contributed by atoms with Crippen LogP contribution in [-0.2, 0) is 14.3 Å². The third-order valence-corrected chi connectivity index (χ3v) is 2.63. The summed E-state index contributed by atoms with van der Waals surface area (Å²) in [5, 5.41) is 9.69. The molecule has 0 amide bonds. The molecular formula is C11H14O4. The van der Waals surface area contributed by atoms with Gasteiger partial charge in [0.05, 0.1) is 5.57 Å². The van der Waals surface area contributed by atoms with E-state index in [4.69, 9.17) is 9.47 Å². The number of aliphatic hydroxyl groups is 1. The van der Waals surface area contributed by atoms with E-state index in [0.717, 1.165) is 0 Å². The Balaban J connectivity index is 2.26. The average molecular weight is 210 g/mol. The summed E-state index contributed by atoms with van der Waals surface area (Å²) in [6.07, 6.45) is 3.34.